The molecule has 1 aliphatic heterocycles. The van der Waals surface area contributed by atoms with E-state index in [4.69, 9.17) is 17.0 Å². The van der Waals surface area contributed by atoms with Gasteiger partial charge in [0.15, 0.2) is 0 Å². The molecule has 0 nitrogen and oxygen atoms in total. The van der Waals surface area contributed by atoms with Crippen LogP contribution in [0.4, 0.5) is 0 Å². The first-order valence-electron chi connectivity index (χ1n) is 16.2. The minimum Gasteiger partial charge on any atom is -0.184 e. The number of hydrogen-bond donors (Lipinski definition) is 0. The van der Waals surface area contributed by atoms with E-state index in [0.717, 1.165) is 15.9 Å². The molecular weight excluding hydrogens is 707 g/mol. The van der Waals surface area contributed by atoms with Crippen molar-refractivity contribution in [2.24, 2.45) is 0 Å². The first kappa shape index (κ1) is 35.7. The summed E-state index contributed by atoms with van der Waals surface area (Å²) in [6.45, 7) is 16.1. The second kappa shape index (κ2) is 15.3. The van der Waals surface area contributed by atoms with Crippen molar-refractivity contribution in [3.05, 3.63) is 138 Å². The van der Waals surface area contributed by atoms with E-state index >= 15 is 0 Å². The minimum absolute atomic E-state index is 0.0947. The predicted molar refractivity (Wildman–Crippen MR) is 205 cm³/mol. The summed E-state index contributed by atoms with van der Waals surface area (Å²) in [7, 11) is 10.7. The van der Waals surface area contributed by atoms with Crippen molar-refractivity contribution in [1.29, 1.82) is 0 Å². The number of aryl methyl sites for hydroxylation is 1. The molecule has 6 aromatic carbocycles. The third-order valence-corrected chi connectivity index (χ3v) is 10.1. The Morgan fingerprint density at radius 2 is 1.30 bits per heavy atom. The maximum absolute atomic E-state index is 4.93. The molecule has 0 aromatic heterocycles. The zero-order valence-electron chi connectivity index (χ0n) is 28.4. The summed E-state index contributed by atoms with van der Waals surface area (Å²) >= 11 is -0.826. The molecule has 2 radical (unpaired) electrons. The van der Waals surface area contributed by atoms with Crippen molar-refractivity contribution in [3.8, 4) is 33.4 Å². The predicted octanol–water partition coefficient (Wildman–Crippen LogP) is 11.5. The smallest absolute Gasteiger partial charge is 0.0920 e. The Hall–Kier alpha value is -2.61. The van der Waals surface area contributed by atoms with Crippen molar-refractivity contribution in [2.75, 3.05) is 0 Å². The van der Waals surface area contributed by atoms with Crippen LogP contribution in [0, 0.1) is 6.07 Å². The number of hydrogen-bond acceptors (Lipinski definition) is 0. The maximum atomic E-state index is 4.93. The molecule has 6 aromatic rings. The fourth-order valence-corrected chi connectivity index (χ4v) is 7.39. The first-order chi connectivity index (χ1) is 22.4. The second-order valence-corrected chi connectivity index (χ2v) is 19.1. The molecule has 7 rings (SSSR count). The molecule has 0 saturated heterocycles. The number of benzene rings is 5. The molecule has 0 atom stereocenters. The zero-order chi connectivity index (χ0) is 33.8. The van der Waals surface area contributed by atoms with Crippen molar-refractivity contribution in [2.45, 2.75) is 65.7 Å². The average Bonchev–Trinajstić information content (AvgIpc) is 3.66. The summed E-state index contributed by atoms with van der Waals surface area (Å²) in [5.41, 5.74) is 12.4. The Morgan fingerprint density at radius 3 is 1.94 bits per heavy atom. The van der Waals surface area contributed by atoms with Crippen molar-refractivity contribution in [3.63, 3.8) is 0 Å². The topological polar surface area (TPSA) is 0 Å². The van der Waals surface area contributed by atoms with E-state index in [1.807, 2.05) is 6.07 Å². The van der Waals surface area contributed by atoms with Crippen LogP contribution in [0.15, 0.2) is 115 Å². The molecule has 1 aliphatic rings. The molecule has 0 fully saturated rings. The van der Waals surface area contributed by atoms with Crippen molar-refractivity contribution >= 4 is 47.7 Å². The van der Waals surface area contributed by atoms with Crippen LogP contribution in [0.25, 0.3) is 44.2 Å². The van der Waals surface area contributed by atoms with Gasteiger partial charge in [-0.3, -0.25) is 0 Å². The Morgan fingerprint density at radius 1 is 0.681 bits per heavy atom. The third-order valence-electron chi connectivity index (χ3n) is 8.73. The van der Waals surface area contributed by atoms with Gasteiger partial charge in [-0.2, -0.15) is 35.5 Å². The Labute approximate surface area is 303 Å². The molecule has 47 heavy (non-hydrogen) atoms. The Balaban J connectivity index is 0.000000222. The van der Waals surface area contributed by atoms with Gasteiger partial charge >= 0.3 is 37.9 Å². The first-order valence-corrected chi connectivity index (χ1v) is 23.5. The second-order valence-electron chi connectivity index (χ2n) is 14.1. The van der Waals surface area contributed by atoms with Gasteiger partial charge < -0.3 is 0 Å². The Kier molecular flexibility index (Phi) is 11.6. The van der Waals surface area contributed by atoms with Crippen LogP contribution in [0.2, 0.25) is 0 Å². The zero-order valence-corrected chi connectivity index (χ0v) is 33.4. The Bertz CT molecular complexity index is 1880. The van der Waals surface area contributed by atoms with Gasteiger partial charge in [-0.15, -0.1) is 34.0 Å². The van der Waals surface area contributed by atoms with Crippen molar-refractivity contribution < 1.29 is 20.8 Å². The summed E-state index contributed by atoms with van der Waals surface area (Å²) in [6.07, 6.45) is 1.06. The van der Waals surface area contributed by atoms with E-state index in [0.29, 0.717) is 0 Å². The molecule has 0 amide bonds. The van der Waals surface area contributed by atoms with Crippen LogP contribution in [0.1, 0.15) is 65.2 Å². The summed E-state index contributed by atoms with van der Waals surface area (Å²) in [6, 6.07) is 45.6. The van der Waals surface area contributed by atoms with E-state index in [9.17, 15) is 0 Å². The van der Waals surface area contributed by atoms with Gasteiger partial charge in [-0.05, 0) is 45.1 Å². The van der Waals surface area contributed by atoms with Gasteiger partial charge in [0.25, 0.3) is 0 Å². The fourth-order valence-electron chi connectivity index (χ4n) is 6.08. The van der Waals surface area contributed by atoms with Gasteiger partial charge in [0.1, 0.15) is 0 Å². The largest absolute Gasteiger partial charge is 0.184 e. The van der Waals surface area contributed by atoms with Crippen LogP contribution in [-0.4, -0.2) is 9.52 Å². The van der Waals surface area contributed by atoms with Gasteiger partial charge in [0, 0.05) is 0 Å². The van der Waals surface area contributed by atoms with E-state index in [2.05, 4.69) is 164 Å². The molecule has 0 spiro atoms. The third kappa shape index (κ3) is 8.34. The van der Waals surface area contributed by atoms with Gasteiger partial charge in [-0.25, -0.2) is 0 Å². The standard InChI is InChI=1S/C31H35.C12H7Si.2ClH.Zr/c1-8-21-16-23-14-15-27(22-12-10-9-11-13-22)29(28(23)17-21)24-18-25(30(2,3)4)20-26(19-24)31(5,6)7;1-3-7-11-9(5-1)10-6-2-4-8-12(10)13-11;;;/h9-20H,8H2,1-7H3;1-7H;2*1H;/q2*-1;;;+4/p-2. The summed E-state index contributed by atoms with van der Waals surface area (Å²) in [5.74, 6) is 0. The van der Waals surface area contributed by atoms with Gasteiger partial charge in [0.2, 0.25) is 0 Å². The maximum Gasteiger partial charge on any atom is 0.0920 e. The molecular formula is C43H42Cl2SiZr. The normalized spacial score (nSPS) is 11.9. The van der Waals surface area contributed by atoms with E-state index in [1.165, 1.54) is 71.2 Å². The molecule has 236 valence electrons. The van der Waals surface area contributed by atoms with E-state index in [1.54, 1.807) is 0 Å². The van der Waals surface area contributed by atoms with Gasteiger partial charge in [0.05, 0.1) is 9.52 Å². The minimum atomic E-state index is -0.826. The SMILES string of the molecule is CCc1cc2c(-c3cc(C(C)(C)C)cc(C(C)(C)C)c3)c(-c3ccccc3)ccc2[cH-]1.[Cl][Zr+2][Cl].[c-]1cccc2c1[Si]c1ccccc1-2. The van der Waals surface area contributed by atoms with Crippen LogP contribution in [0.3, 0.4) is 0 Å². The number of rotatable bonds is 3. The molecule has 0 N–H and O–H groups in total. The van der Waals surface area contributed by atoms with Crippen LogP contribution in [-0.2, 0) is 38.1 Å². The monoisotopic (exact) mass is 746 g/mol. The fraction of sp³-hybridized carbons (Fsp3) is 0.233. The summed E-state index contributed by atoms with van der Waals surface area (Å²) in [4.78, 5) is 0. The summed E-state index contributed by atoms with van der Waals surface area (Å²) in [5, 5.41) is 5.53. The molecule has 0 bridgehead atoms. The van der Waals surface area contributed by atoms with Crippen LogP contribution < -0.4 is 10.4 Å². The van der Waals surface area contributed by atoms with Crippen LogP contribution in [0.5, 0.6) is 0 Å². The molecule has 4 heteroatoms. The molecule has 0 saturated carbocycles. The quantitative estimate of drug-likeness (QED) is 0.125. The molecule has 0 unspecified atom stereocenters. The van der Waals surface area contributed by atoms with Crippen molar-refractivity contribution in [1.82, 2.24) is 0 Å². The molecule has 0 aliphatic carbocycles. The van der Waals surface area contributed by atoms with E-state index in [-0.39, 0.29) is 10.8 Å². The number of fused-ring (bicyclic) bond motifs is 4. The molecule has 1 heterocycles. The van der Waals surface area contributed by atoms with Crippen LogP contribution >= 0.6 is 17.0 Å². The van der Waals surface area contributed by atoms with Gasteiger partial charge in [-0.1, -0.05) is 144 Å². The average molecular weight is 749 g/mol. The number of halogens is 2. The summed E-state index contributed by atoms with van der Waals surface area (Å²) < 4.78 is 0. The van der Waals surface area contributed by atoms with E-state index < -0.39 is 20.8 Å².